The second-order valence-corrected chi connectivity index (χ2v) is 3.59. The molecule has 54 valence electrons. The summed E-state index contributed by atoms with van der Waals surface area (Å²) in [5, 5.41) is 0. The average Bonchev–Trinajstić information content (AvgIpc) is 2.14. The van der Waals surface area contributed by atoms with Gasteiger partial charge in [-0.2, -0.15) is 0 Å². The Kier molecular flexibility index (Phi) is 2.08. The van der Waals surface area contributed by atoms with E-state index in [1.165, 1.54) is 4.31 Å². The fourth-order valence-electron chi connectivity index (χ4n) is 1.06. The van der Waals surface area contributed by atoms with Crippen LogP contribution < -0.4 is 0 Å². The van der Waals surface area contributed by atoms with E-state index >= 15 is 0 Å². The zero-order valence-electron chi connectivity index (χ0n) is 5.41. The highest BCUT2D eigenvalue weighted by Crippen LogP contribution is 2.13. The first kappa shape index (κ1) is 7.02. The Morgan fingerprint density at radius 3 is 2.44 bits per heavy atom. The Morgan fingerprint density at radius 2 is 2.22 bits per heavy atom. The minimum Gasteiger partial charge on any atom is -0.215 e. The van der Waals surface area contributed by atoms with Gasteiger partial charge in [-0.3, -0.25) is 0 Å². The van der Waals surface area contributed by atoms with E-state index < -0.39 is 10.9 Å². The van der Waals surface area contributed by atoms with Gasteiger partial charge in [0.05, 0.1) is 0 Å². The third kappa shape index (κ3) is 1.66. The first-order valence-corrected chi connectivity index (χ1v) is 4.22. The van der Waals surface area contributed by atoms with E-state index in [2.05, 4.69) is 6.92 Å². The molecule has 0 amide bonds. The molecule has 0 aromatic heterocycles. The minimum atomic E-state index is -2.29. The summed E-state index contributed by atoms with van der Waals surface area (Å²) in [5.74, 6) is 0.554. The van der Waals surface area contributed by atoms with Crippen LogP contribution in [0.25, 0.3) is 0 Å². The van der Waals surface area contributed by atoms with E-state index in [9.17, 15) is 8.42 Å². The zero-order chi connectivity index (χ0) is 6.85. The van der Waals surface area contributed by atoms with Crippen molar-refractivity contribution in [1.29, 1.82) is 0 Å². The summed E-state index contributed by atoms with van der Waals surface area (Å²) < 4.78 is 22.1. The zero-order valence-corrected chi connectivity index (χ0v) is 6.30. The molecule has 0 aliphatic carbocycles. The molecule has 1 aliphatic heterocycles. The van der Waals surface area contributed by atoms with E-state index in [4.69, 9.17) is 0 Å². The van der Waals surface area contributed by atoms with Crippen molar-refractivity contribution >= 4 is 10.9 Å². The molecule has 9 heavy (non-hydrogen) atoms. The van der Waals surface area contributed by atoms with Crippen LogP contribution in [0.2, 0.25) is 0 Å². The number of hydrogen-bond acceptors (Lipinski definition) is 2. The fraction of sp³-hybridized carbons (Fsp3) is 1.00. The number of rotatable bonds is 1. The Labute approximate surface area is 56.7 Å². The molecule has 1 atom stereocenters. The van der Waals surface area contributed by atoms with Crippen LogP contribution in [0.1, 0.15) is 13.3 Å². The second-order valence-electron chi connectivity index (χ2n) is 2.54. The van der Waals surface area contributed by atoms with Crippen LogP contribution in [-0.2, 0) is 10.9 Å². The molecule has 0 spiro atoms. The van der Waals surface area contributed by atoms with Gasteiger partial charge in [0.2, 0.25) is 10.9 Å². The summed E-state index contributed by atoms with van der Waals surface area (Å²) in [6, 6.07) is 0. The predicted molar refractivity (Wildman–Crippen MR) is 35.7 cm³/mol. The van der Waals surface area contributed by atoms with Gasteiger partial charge in [-0.15, -0.1) is 0 Å². The molecule has 1 aliphatic rings. The molecule has 3 nitrogen and oxygen atoms in total. The van der Waals surface area contributed by atoms with Crippen LogP contribution in [0.15, 0.2) is 0 Å². The van der Waals surface area contributed by atoms with Crippen LogP contribution in [0.4, 0.5) is 0 Å². The fourth-order valence-corrected chi connectivity index (χ4v) is 1.75. The van der Waals surface area contributed by atoms with Gasteiger partial charge in [0.1, 0.15) is 0 Å². The maximum atomic E-state index is 10.3. The third-order valence-corrected chi connectivity index (χ3v) is 2.46. The van der Waals surface area contributed by atoms with E-state index in [0.29, 0.717) is 5.92 Å². The molecule has 0 radical (unpaired) electrons. The summed E-state index contributed by atoms with van der Waals surface area (Å²) in [6.45, 7) is 3.51. The van der Waals surface area contributed by atoms with Gasteiger partial charge in [-0.05, 0) is 12.3 Å². The lowest BCUT2D eigenvalue weighted by molar-refractivity contribution is 0.483. The summed E-state index contributed by atoms with van der Waals surface area (Å²) in [4.78, 5) is 0. The number of hydrogen-bond donors (Lipinski definition) is 1. The Hall–Kier alpha value is -0.0900. The minimum absolute atomic E-state index is 0.554. The largest absolute Gasteiger partial charge is 0.215 e. The van der Waals surface area contributed by atoms with Crippen molar-refractivity contribution in [2.24, 2.45) is 5.92 Å². The van der Waals surface area contributed by atoms with Crippen molar-refractivity contribution in [2.45, 2.75) is 13.3 Å². The molecular formula is C5H11NO2S. The molecular weight excluding hydrogens is 138 g/mol. The first-order valence-electron chi connectivity index (χ1n) is 3.09. The molecule has 1 rings (SSSR count). The van der Waals surface area contributed by atoms with Gasteiger partial charge in [-0.1, -0.05) is 6.92 Å². The number of nitrogens with zero attached hydrogens (tertiary/aromatic N) is 1. The molecule has 0 N–H and O–H groups in total. The smallest absolute Gasteiger partial charge is 0.203 e. The van der Waals surface area contributed by atoms with Gasteiger partial charge >= 0.3 is 0 Å². The third-order valence-electron chi connectivity index (χ3n) is 1.63. The highest BCUT2D eigenvalue weighted by molar-refractivity contribution is 7.69. The van der Waals surface area contributed by atoms with Crippen LogP contribution >= 0.6 is 0 Å². The average molecular weight is 149 g/mol. The van der Waals surface area contributed by atoms with Crippen LogP contribution in [0, 0.1) is 5.92 Å². The summed E-state index contributed by atoms with van der Waals surface area (Å²) in [6.07, 6.45) is 1.02. The Morgan fingerprint density at radius 1 is 1.56 bits per heavy atom. The van der Waals surface area contributed by atoms with Crippen molar-refractivity contribution in [2.75, 3.05) is 13.1 Å². The van der Waals surface area contributed by atoms with Crippen LogP contribution in [0.3, 0.4) is 0 Å². The SMILES string of the molecule is C[C@H]1CCN([SH](=O)=O)C1. The summed E-state index contributed by atoms with van der Waals surface area (Å²) in [5.41, 5.74) is 0. The van der Waals surface area contributed by atoms with E-state index in [1.807, 2.05) is 0 Å². The lowest BCUT2D eigenvalue weighted by atomic mass is 10.2. The lowest BCUT2D eigenvalue weighted by Gasteiger charge is -2.02. The molecule has 4 heteroatoms. The molecule has 1 heterocycles. The molecule has 0 unspecified atom stereocenters. The first-order chi connectivity index (χ1) is 4.20. The lowest BCUT2D eigenvalue weighted by Crippen LogP contribution is -2.17. The van der Waals surface area contributed by atoms with Gasteiger partial charge in [-0.25, -0.2) is 12.7 Å². The quantitative estimate of drug-likeness (QED) is 0.527. The molecule has 0 aromatic carbocycles. The van der Waals surface area contributed by atoms with Crippen LogP contribution in [0.5, 0.6) is 0 Å². The Balaban J connectivity index is 2.48. The molecule has 0 saturated carbocycles. The molecule has 0 aromatic rings. The monoisotopic (exact) mass is 149 g/mol. The highest BCUT2D eigenvalue weighted by Gasteiger charge is 2.19. The van der Waals surface area contributed by atoms with E-state index in [-0.39, 0.29) is 0 Å². The topological polar surface area (TPSA) is 37.4 Å². The van der Waals surface area contributed by atoms with Crippen LogP contribution in [-0.4, -0.2) is 25.8 Å². The van der Waals surface area contributed by atoms with Crippen molar-refractivity contribution in [1.82, 2.24) is 4.31 Å². The van der Waals surface area contributed by atoms with Gasteiger partial charge in [0.15, 0.2) is 0 Å². The van der Waals surface area contributed by atoms with Crippen molar-refractivity contribution in [3.05, 3.63) is 0 Å². The van der Waals surface area contributed by atoms with Gasteiger partial charge in [0, 0.05) is 13.1 Å². The molecule has 1 fully saturated rings. The summed E-state index contributed by atoms with van der Waals surface area (Å²) >= 11 is 0. The normalized spacial score (nSPS) is 29.8. The van der Waals surface area contributed by atoms with E-state index in [0.717, 1.165) is 19.5 Å². The molecule has 0 bridgehead atoms. The maximum absolute atomic E-state index is 10.3. The number of thiol groups is 1. The van der Waals surface area contributed by atoms with Crippen molar-refractivity contribution in [3.8, 4) is 0 Å². The summed E-state index contributed by atoms with van der Waals surface area (Å²) in [7, 11) is -2.29. The Bertz CT molecular complexity index is 158. The predicted octanol–water partition coefficient (Wildman–Crippen LogP) is -0.145. The van der Waals surface area contributed by atoms with Gasteiger partial charge < -0.3 is 0 Å². The molecule has 1 saturated heterocycles. The highest BCUT2D eigenvalue weighted by atomic mass is 32.2. The van der Waals surface area contributed by atoms with Gasteiger partial charge in [0.25, 0.3) is 0 Å². The van der Waals surface area contributed by atoms with Crippen molar-refractivity contribution < 1.29 is 8.42 Å². The van der Waals surface area contributed by atoms with E-state index in [1.54, 1.807) is 0 Å². The maximum Gasteiger partial charge on any atom is 0.203 e. The second kappa shape index (κ2) is 2.66. The standard InChI is InChI=1S/C5H11NO2S/c1-5-2-3-6(4-5)9(7)8/h5,9H,2-4H2,1H3/t5-/m0/s1. The van der Waals surface area contributed by atoms with Crippen molar-refractivity contribution in [3.63, 3.8) is 0 Å².